The summed E-state index contributed by atoms with van der Waals surface area (Å²) in [7, 11) is 0. The van der Waals surface area contributed by atoms with Crippen molar-refractivity contribution in [2.24, 2.45) is 4.99 Å². The summed E-state index contributed by atoms with van der Waals surface area (Å²) < 4.78 is 0. The first-order valence-electron chi connectivity index (χ1n) is 22.8. The number of aryl methyl sites for hydroxylation is 2. The number of allylic oxidation sites excluding steroid dienone is 2. The normalized spacial score (nSPS) is 25.5. The van der Waals surface area contributed by atoms with Gasteiger partial charge >= 0.3 is 6.03 Å². The molecule has 4 aromatic rings. The molecule has 8 heteroatoms. The van der Waals surface area contributed by atoms with Crippen LogP contribution in [0.3, 0.4) is 0 Å². The zero-order valence-corrected chi connectivity index (χ0v) is 38.0. The minimum atomic E-state index is -0.501. The lowest BCUT2D eigenvalue weighted by Crippen LogP contribution is -2.42. The number of hydrogen-bond donors (Lipinski definition) is 0. The number of rotatable bonds is 10. The summed E-state index contributed by atoms with van der Waals surface area (Å²) in [6.45, 7) is 19.6. The average Bonchev–Trinajstić information content (AvgIpc) is 4.18. The van der Waals surface area contributed by atoms with Gasteiger partial charge in [0, 0.05) is 40.0 Å². The van der Waals surface area contributed by atoms with Crippen LogP contribution in [0.1, 0.15) is 153 Å². The Kier molecular flexibility index (Phi) is 9.08. The molecular weight excluding hydrogens is 781 g/mol. The van der Waals surface area contributed by atoms with Gasteiger partial charge in [-0.15, -0.1) is 0 Å². The Bertz CT molecular complexity index is 2710. The largest absolute Gasteiger partial charge is 0.350 e. The van der Waals surface area contributed by atoms with E-state index >= 15 is 0 Å². The number of nitrogens with zero attached hydrogens (tertiary/aromatic N) is 4. The number of fused-ring (bicyclic) bond motifs is 2. The number of benzene rings is 3. The average molecular weight is 839 g/mol. The molecule has 8 nitrogen and oxygen atoms in total. The van der Waals surface area contributed by atoms with Crippen molar-refractivity contribution in [1.29, 1.82) is 0 Å². The van der Waals surface area contributed by atoms with Crippen LogP contribution in [-0.2, 0) is 60.0 Å². The second-order valence-electron chi connectivity index (χ2n) is 21.5. The molecule has 2 unspecified atom stereocenters. The molecule has 6 aliphatic rings. The van der Waals surface area contributed by atoms with Gasteiger partial charge in [-0.3, -0.25) is 29.2 Å². The minimum Gasteiger partial charge on any atom is -0.271 e. The van der Waals surface area contributed by atoms with Gasteiger partial charge in [-0.1, -0.05) is 108 Å². The fourth-order valence-corrected chi connectivity index (χ4v) is 11.9. The molecule has 10 rings (SSSR count). The molecule has 2 aliphatic heterocycles. The fourth-order valence-electron chi connectivity index (χ4n) is 11.9. The molecule has 2 atom stereocenters. The third-order valence-electron chi connectivity index (χ3n) is 16.1. The van der Waals surface area contributed by atoms with E-state index in [2.05, 4.69) is 127 Å². The van der Waals surface area contributed by atoms with Crippen LogP contribution in [0.25, 0.3) is 0 Å². The van der Waals surface area contributed by atoms with Gasteiger partial charge < -0.3 is 0 Å². The molecule has 0 spiro atoms. The second kappa shape index (κ2) is 13.9. The number of aliphatic imine (C=N–C) groups is 1. The van der Waals surface area contributed by atoms with Crippen LogP contribution in [-0.4, -0.2) is 44.8 Å². The molecule has 0 bridgehead atoms. The molecule has 3 aromatic carbocycles. The van der Waals surface area contributed by atoms with E-state index in [9.17, 15) is 19.2 Å². The van der Waals surface area contributed by atoms with Crippen LogP contribution in [0.15, 0.2) is 96.2 Å². The number of amides is 5. The number of aromatic nitrogens is 1. The highest BCUT2D eigenvalue weighted by Crippen LogP contribution is 2.60. The van der Waals surface area contributed by atoms with Gasteiger partial charge in [0.2, 0.25) is 0 Å². The number of carbonyl (C=O) groups is 4. The summed E-state index contributed by atoms with van der Waals surface area (Å²) in [6.07, 6.45) is 18.0. The van der Waals surface area contributed by atoms with Crippen molar-refractivity contribution in [2.75, 3.05) is 0 Å². The molecule has 1 aromatic heterocycles. The van der Waals surface area contributed by atoms with E-state index in [0.717, 1.165) is 68.0 Å². The Morgan fingerprint density at radius 2 is 1.17 bits per heavy atom. The molecular formula is C55H58N4O4. The molecule has 4 aliphatic carbocycles. The van der Waals surface area contributed by atoms with Gasteiger partial charge in [-0.2, -0.15) is 4.99 Å². The Labute approximate surface area is 371 Å². The van der Waals surface area contributed by atoms with Crippen molar-refractivity contribution in [3.05, 3.63) is 158 Å². The Balaban J connectivity index is 0.969. The van der Waals surface area contributed by atoms with Gasteiger partial charge in [0.15, 0.2) is 0 Å². The highest BCUT2D eigenvalue weighted by Gasteiger charge is 2.52. The van der Waals surface area contributed by atoms with Crippen molar-refractivity contribution in [1.82, 2.24) is 14.8 Å². The molecule has 0 radical (unpaired) electrons. The first-order chi connectivity index (χ1) is 29.8. The fraction of sp³-hybridized carbons (Fsp3) is 0.418. The lowest BCUT2D eigenvalue weighted by atomic mass is 9.54. The highest BCUT2D eigenvalue weighted by molar-refractivity contribution is 6.35. The first-order valence-corrected chi connectivity index (χ1v) is 22.8. The number of pyridine rings is 1. The summed E-state index contributed by atoms with van der Waals surface area (Å²) in [6, 6.07) is 22.3. The summed E-state index contributed by atoms with van der Waals surface area (Å²) in [5.74, 6) is -0.921. The van der Waals surface area contributed by atoms with Gasteiger partial charge in [0.1, 0.15) is 0 Å². The smallest absolute Gasteiger partial charge is 0.271 e. The van der Waals surface area contributed by atoms with Gasteiger partial charge in [-0.25, -0.2) is 4.79 Å². The maximum atomic E-state index is 12.2. The van der Waals surface area contributed by atoms with Crippen molar-refractivity contribution < 1.29 is 19.2 Å². The monoisotopic (exact) mass is 838 g/mol. The Hall–Kier alpha value is -5.76. The van der Waals surface area contributed by atoms with Crippen molar-refractivity contribution >= 4 is 30.0 Å². The van der Waals surface area contributed by atoms with E-state index in [1.54, 1.807) is 0 Å². The summed E-state index contributed by atoms with van der Waals surface area (Å²) >= 11 is 0. The zero-order valence-electron chi connectivity index (χ0n) is 38.0. The molecule has 322 valence electrons. The highest BCUT2D eigenvalue weighted by atomic mass is 16.2. The number of carbonyl (C=O) groups excluding carboxylic acids is 4. The van der Waals surface area contributed by atoms with E-state index in [0.29, 0.717) is 0 Å². The van der Waals surface area contributed by atoms with Crippen molar-refractivity contribution in [3.8, 4) is 0 Å². The van der Waals surface area contributed by atoms with Crippen molar-refractivity contribution in [3.63, 3.8) is 0 Å². The van der Waals surface area contributed by atoms with Crippen LogP contribution in [0.5, 0.6) is 0 Å². The first kappa shape index (κ1) is 41.3. The maximum absolute atomic E-state index is 12.2. The Morgan fingerprint density at radius 1 is 0.571 bits per heavy atom. The lowest BCUT2D eigenvalue weighted by Gasteiger charge is -2.49. The van der Waals surface area contributed by atoms with Gasteiger partial charge in [-0.05, 0) is 137 Å². The summed E-state index contributed by atoms with van der Waals surface area (Å²) in [4.78, 5) is 59.9. The van der Waals surface area contributed by atoms with E-state index in [1.165, 1.54) is 72.0 Å². The van der Waals surface area contributed by atoms with Crippen molar-refractivity contribution in [2.45, 2.75) is 146 Å². The van der Waals surface area contributed by atoms with E-state index in [4.69, 9.17) is 4.98 Å². The maximum Gasteiger partial charge on any atom is 0.350 e. The molecule has 2 saturated carbocycles. The topological polar surface area (TPSA) is 100 Å². The molecule has 5 amide bonds. The van der Waals surface area contributed by atoms with Crippen LogP contribution in [0.2, 0.25) is 0 Å². The van der Waals surface area contributed by atoms with Crippen LogP contribution >= 0.6 is 0 Å². The molecule has 3 heterocycles. The van der Waals surface area contributed by atoms with Crippen LogP contribution in [0, 0.1) is 13.8 Å². The minimum absolute atomic E-state index is 0.0568. The predicted molar refractivity (Wildman–Crippen MR) is 246 cm³/mol. The quantitative estimate of drug-likeness (QED) is 0.117. The van der Waals surface area contributed by atoms with Gasteiger partial charge in [0.05, 0.1) is 25.0 Å². The van der Waals surface area contributed by atoms with E-state index in [-0.39, 0.29) is 63.3 Å². The Morgan fingerprint density at radius 3 is 1.78 bits per heavy atom. The molecule has 0 saturated heterocycles. The van der Waals surface area contributed by atoms with E-state index in [1.807, 2.05) is 12.3 Å². The summed E-state index contributed by atoms with van der Waals surface area (Å²) in [5.41, 5.74) is 14.8. The second-order valence-corrected chi connectivity index (χ2v) is 21.5. The standard InChI is InChI=1S/C55H58N4O4/c1-34-25-41-44(28-39(34)54(21-22-54)38-12-9-36(10-13-38)31-59-48(62)30-57-49(59)63)53(8,20-17-50(41,3)4)33-52(7)19-18-51(5,6)42-27-40(35(2)26-43(42)52)55(23-24-55)45-14-11-37(29-56-45)32-58-46(60)15-16-47(58)61/h9-16,18-19,25-30H,17,20-24,31-33H2,1-8H3. The lowest BCUT2D eigenvalue weighted by molar-refractivity contribution is -0.137. The predicted octanol–water partition coefficient (Wildman–Crippen LogP) is 10.3. The molecule has 63 heavy (non-hydrogen) atoms. The van der Waals surface area contributed by atoms with Crippen LogP contribution in [0.4, 0.5) is 4.79 Å². The number of imide groups is 2. The summed E-state index contributed by atoms with van der Waals surface area (Å²) in [5, 5.41) is 0. The zero-order chi connectivity index (χ0) is 44.5. The van der Waals surface area contributed by atoms with E-state index < -0.39 is 6.03 Å². The number of urea groups is 1. The third-order valence-corrected chi connectivity index (χ3v) is 16.1. The van der Waals surface area contributed by atoms with Gasteiger partial charge in [0.25, 0.3) is 17.7 Å². The number of hydrogen-bond acceptors (Lipinski definition) is 5. The molecule has 0 N–H and O–H groups in total. The third kappa shape index (κ3) is 6.61. The van der Waals surface area contributed by atoms with Crippen LogP contribution < -0.4 is 0 Å². The molecule has 2 fully saturated rings. The SMILES string of the molecule is Cc1cc2c(cc1C1(c3ccc(CN4C(=O)C=NC4=O)cc3)CC1)C(C)(CC1(C)C=CC(C)(C)c3cc(C4(c5ccc(CN6C(=O)C=CC6=O)cn5)CC4)c(C)cc31)CCC2(C)C.